The molecule has 0 unspecified atom stereocenters. The molecule has 3 heteroatoms. The summed E-state index contributed by atoms with van der Waals surface area (Å²) in [5, 5.41) is 3.80. The molecule has 0 amide bonds. The monoisotopic (exact) mass is 269 g/mol. The first-order chi connectivity index (χ1) is 8.51. The Kier molecular flexibility index (Phi) is 5.97. The molecular formula is C15H24ClNO. The Morgan fingerprint density at radius 3 is 2.61 bits per heavy atom. The molecule has 0 fully saturated rings. The molecule has 0 aliphatic carbocycles. The van der Waals surface area contributed by atoms with Crippen molar-refractivity contribution in [2.75, 3.05) is 20.2 Å². The molecule has 0 radical (unpaired) electrons. The zero-order valence-electron chi connectivity index (χ0n) is 11.8. The van der Waals surface area contributed by atoms with Crippen LogP contribution in [-0.2, 0) is 5.41 Å². The predicted octanol–water partition coefficient (Wildman–Crippen LogP) is 4.02. The van der Waals surface area contributed by atoms with Crippen molar-refractivity contribution in [3.05, 3.63) is 28.8 Å². The zero-order chi connectivity index (χ0) is 13.6. The molecule has 18 heavy (non-hydrogen) atoms. The minimum Gasteiger partial charge on any atom is -0.492 e. The molecule has 0 aliphatic rings. The largest absolute Gasteiger partial charge is 0.492 e. The molecule has 1 aromatic carbocycles. The minimum absolute atomic E-state index is 0.161. The molecule has 0 aliphatic heterocycles. The summed E-state index contributed by atoms with van der Waals surface area (Å²) in [5.41, 5.74) is 1.42. The van der Waals surface area contributed by atoms with Crippen molar-refractivity contribution >= 4 is 11.6 Å². The lowest BCUT2D eigenvalue weighted by Gasteiger charge is -2.24. The van der Waals surface area contributed by atoms with Crippen LogP contribution in [0.3, 0.4) is 0 Å². The van der Waals surface area contributed by atoms with Crippen molar-refractivity contribution in [2.24, 2.45) is 0 Å². The van der Waals surface area contributed by atoms with Crippen LogP contribution in [0.25, 0.3) is 0 Å². The minimum atomic E-state index is 0.161. The van der Waals surface area contributed by atoms with Crippen LogP contribution in [-0.4, -0.2) is 20.2 Å². The highest BCUT2D eigenvalue weighted by atomic mass is 35.5. The van der Waals surface area contributed by atoms with Crippen molar-refractivity contribution < 1.29 is 4.74 Å². The van der Waals surface area contributed by atoms with Gasteiger partial charge in [-0.1, -0.05) is 38.4 Å². The molecule has 0 bridgehead atoms. The molecule has 0 saturated heterocycles. The van der Waals surface area contributed by atoms with Crippen LogP contribution in [0.4, 0.5) is 0 Å². The number of hydrogen-bond acceptors (Lipinski definition) is 2. The van der Waals surface area contributed by atoms with Crippen LogP contribution < -0.4 is 10.1 Å². The van der Waals surface area contributed by atoms with Gasteiger partial charge in [0.2, 0.25) is 0 Å². The third-order valence-electron chi connectivity index (χ3n) is 3.43. The zero-order valence-corrected chi connectivity index (χ0v) is 12.6. The second-order valence-electron chi connectivity index (χ2n) is 5.19. The molecule has 2 nitrogen and oxygen atoms in total. The van der Waals surface area contributed by atoms with E-state index in [0.29, 0.717) is 11.6 Å². The SMILES string of the molecule is CCC(C)(C)c1ccc(OCCCNC)c(Cl)c1. The van der Waals surface area contributed by atoms with E-state index >= 15 is 0 Å². The smallest absolute Gasteiger partial charge is 0.137 e. The highest BCUT2D eigenvalue weighted by Crippen LogP contribution is 2.33. The normalized spacial score (nSPS) is 11.6. The fourth-order valence-electron chi connectivity index (χ4n) is 1.67. The van der Waals surface area contributed by atoms with Crippen LogP contribution in [0, 0.1) is 0 Å². The third kappa shape index (κ3) is 4.18. The summed E-state index contributed by atoms with van der Waals surface area (Å²) in [5.74, 6) is 0.781. The molecule has 0 spiro atoms. The highest BCUT2D eigenvalue weighted by molar-refractivity contribution is 6.32. The predicted molar refractivity (Wildman–Crippen MR) is 78.8 cm³/mol. The summed E-state index contributed by atoms with van der Waals surface area (Å²) in [6, 6.07) is 6.12. The fourth-order valence-corrected chi connectivity index (χ4v) is 1.91. The first-order valence-electron chi connectivity index (χ1n) is 6.58. The Bertz CT molecular complexity index is 377. The standard InChI is InChI=1S/C15H24ClNO/c1-5-15(2,3)12-7-8-14(13(16)11-12)18-10-6-9-17-4/h7-8,11,17H,5-6,9-10H2,1-4H3. The van der Waals surface area contributed by atoms with Gasteiger partial charge in [0, 0.05) is 0 Å². The van der Waals surface area contributed by atoms with Gasteiger partial charge in [0.1, 0.15) is 5.75 Å². The first kappa shape index (κ1) is 15.3. The number of hydrogen-bond donors (Lipinski definition) is 1. The quantitative estimate of drug-likeness (QED) is 0.755. The van der Waals surface area contributed by atoms with Crippen LogP contribution in [0.1, 0.15) is 39.2 Å². The molecule has 1 rings (SSSR count). The maximum atomic E-state index is 6.26. The molecular weight excluding hydrogens is 246 g/mol. The van der Waals surface area contributed by atoms with Gasteiger partial charge in [-0.2, -0.15) is 0 Å². The first-order valence-corrected chi connectivity index (χ1v) is 6.96. The van der Waals surface area contributed by atoms with E-state index < -0.39 is 0 Å². The number of rotatable bonds is 7. The Morgan fingerprint density at radius 2 is 2.06 bits per heavy atom. The van der Waals surface area contributed by atoms with Gasteiger partial charge in [0.05, 0.1) is 11.6 Å². The van der Waals surface area contributed by atoms with E-state index in [4.69, 9.17) is 16.3 Å². The van der Waals surface area contributed by atoms with E-state index in [1.54, 1.807) is 0 Å². The van der Waals surface area contributed by atoms with Gasteiger partial charge in [-0.25, -0.2) is 0 Å². The van der Waals surface area contributed by atoms with E-state index in [0.717, 1.165) is 25.1 Å². The van der Waals surface area contributed by atoms with E-state index in [-0.39, 0.29) is 5.41 Å². The average Bonchev–Trinajstić information content (AvgIpc) is 2.36. The van der Waals surface area contributed by atoms with Crippen LogP contribution in [0.2, 0.25) is 5.02 Å². The van der Waals surface area contributed by atoms with Gasteiger partial charge in [0.25, 0.3) is 0 Å². The number of ether oxygens (including phenoxy) is 1. The van der Waals surface area contributed by atoms with Crippen molar-refractivity contribution in [3.63, 3.8) is 0 Å². The van der Waals surface area contributed by atoms with E-state index in [1.807, 2.05) is 19.2 Å². The topological polar surface area (TPSA) is 21.3 Å². The van der Waals surface area contributed by atoms with Gasteiger partial charge in [-0.15, -0.1) is 0 Å². The van der Waals surface area contributed by atoms with Gasteiger partial charge in [0.15, 0.2) is 0 Å². The van der Waals surface area contributed by atoms with E-state index in [2.05, 4.69) is 32.2 Å². The lowest BCUT2D eigenvalue weighted by Crippen LogP contribution is -2.15. The van der Waals surface area contributed by atoms with Gasteiger partial charge in [-0.05, 0) is 49.5 Å². The molecule has 0 aromatic heterocycles. The molecule has 0 saturated carbocycles. The van der Waals surface area contributed by atoms with Gasteiger partial charge < -0.3 is 10.1 Å². The van der Waals surface area contributed by atoms with Gasteiger partial charge >= 0.3 is 0 Å². The molecule has 1 N–H and O–H groups in total. The summed E-state index contributed by atoms with van der Waals surface area (Å²) in [7, 11) is 1.94. The number of halogens is 1. The molecule has 102 valence electrons. The fraction of sp³-hybridized carbons (Fsp3) is 0.600. The van der Waals surface area contributed by atoms with E-state index in [1.165, 1.54) is 5.56 Å². The summed E-state index contributed by atoms with van der Waals surface area (Å²) >= 11 is 6.26. The van der Waals surface area contributed by atoms with Crippen molar-refractivity contribution in [3.8, 4) is 5.75 Å². The summed E-state index contributed by atoms with van der Waals surface area (Å²) in [6.45, 7) is 8.30. The maximum absolute atomic E-state index is 6.26. The van der Waals surface area contributed by atoms with Crippen LogP contribution >= 0.6 is 11.6 Å². The average molecular weight is 270 g/mol. The maximum Gasteiger partial charge on any atom is 0.137 e. The lowest BCUT2D eigenvalue weighted by atomic mass is 9.82. The Balaban J connectivity index is 2.68. The summed E-state index contributed by atoms with van der Waals surface area (Å²) in [6.07, 6.45) is 2.07. The number of benzene rings is 1. The summed E-state index contributed by atoms with van der Waals surface area (Å²) in [4.78, 5) is 0. The Morgan fingerprint density at radius 1 is 1.33 bits per heavy atom. The Labute approximate surface area is 116 Å². The van der Waals surface area contributed by atoms with Crippen molar-refractivity contribution in [1.82, 2.24) is 5.32 Å². The highest BCUT2D eigenvalue weighted by Gasteiger charge is 2.19. The Hall–Kier alpha value is -0.730. The second kappa shape index (κ2) is 7.01. The number of nitrogens with one attached hydrogen (secondary N) is 1. The van der Waals surface area contributed by atoms with Crippen LogP contribution in [0.5, 0.6) is 5.75 Å². The summed E-state index contributed by atoms with van der Waals surface area (Å²) < 4.78 is 5.67. The molecule has 0 atom stereocenters. The van der Waals surface area contributed by atoms with Crippen LogP contribution in [0.15, 0.2) is 18.2 Å². The second-order valence-corrected chi connectivity index (χ2v) is 5.60. The third-order valence-corrected chi connectivity index (χ3v) is 3.72. The lowest BCUT2D eigenvalue weighted by molar-refractivity contribution is 0.309. The van der Waals surface area contributed by atoms with Crippen molar-refractivity contribution in [2.45, 2.75) is 39.0 Å². The van der Waals surface area contributed by atoms with Crippen molar-refractivity contribution in [1.29, 1.82) is 0 Å². The molecule has 1 aromatic rings. The van der Waals surface area contributed by atoms with E-state index in [9.17, 15) is 0 Å². The van der Waals surface area contributed by atoms with Gasteiger partial charge in [-0.3, -0.25) is 0 Å². The molecule has 0 heterocycles.